The molecule has 0 spiro atoms. The minimum atomic E-state index is 0.191. The van der Waals surface area contributed by atoms with E-state index >= 15 is 0 Å². The van der Waals surface area contributed by atoms with Crippen LogP contribution in [-0.4, -0.2) is 4.37 Å². The van der Waals surface area contributed by atoms with E-state index in [0.717, 1.165) is 5.69 Å². The highest BCUT2D eigenvalue weighted by Gasteiger charge is 2.36. The first-order chi connectivity index (χ1) is 6.62. The van der Waals surface area contributed by atoms with Crippen LogP contribution in [0.15, 0.2) is 6.07 Å². The summed E-state index contributed by atoms with van der Waals surface area (Å²) >= 11 is 1.57. The average Bonchev–Trinajstić information content (AvgIpc) is 2.74. The van der Waals surface area contributed by atoms with Crippen LogP contribution in [0.5, 0.6) is 0 Å². The minimum absolute atomic E-state index is 0.191. The molecular weight excluding hydrogens is 192 g/mol. The lowest BCUT2D eigenvalue weighted by atomic mass is 9.80. The van der Waals surface area contributed by atoms with Gasteiger partial charge in [0.25, 0.3) is 0 Å². The summed E-state index contributed by atoms with van der Waals surface area (Å²) in [5, 5.41) is 0. The van der Waals surface area contributed by atoms with Gasteiger partial charge in [0.15, 0.2) is 0 Å². The van der Waals surface area contributed by atoms with Crippen LogP contribution >= 0.6 is 11.5 Å². The van der Waals surface area contributed by atoms with Gasteiger partial charge in [0, 0.05) is 10.9 Å². The summed E-state index contributed by atoms with van der Waals surface area (Å²) in [4.78, 5) is 1.26. The van der Waals surface area contributed by atoms with Gasteiger partial charge >= 0.3 is 0 Å². The van der Waals surface area contributed by atoms with Crippen molar-refractivity contribution in [1.82, 2.24) is 4.37 Å². The highest BCUT2D eigenvalue weighted by Crippen LogP contribution is 2.46. The molecule has 0 radical (unpaired) electrons. The van der Waals surface area contributed by atoms with E-state index in [0.29, 0.717) is 5.41 Å². The normalized spacial score (nSPS) is 22.5. The van der Waals surface area contributed by atoms with Gasteiger partial charge in [0.1, 0.15) is 0 Å². The fourth-order valence-corrected chi connectivity index (χ4v) is 3.29. The SMILES string of the molecule is Cc1cc(C(N)C2(C)CCCC2)sn1. The fraction of sp³-hybridized carbons (Fsp3) is 0.727. The molecule has 78 valence electrons. The minimum Gasteiger partial charge on any atom is -0.323 e. The standard InChI is InChI=1S/C11H18N2S/c1-8-7-9(14-13-8)10(12)11(2)5-3-4-6-11/h7,10H,3-6,12H2,1-2H3. The van der Waals surface area contributed by atoms with Crippen LogP contribution in [0, 0.1) is 12.3 Å². The molecule has 1 unspecified atom stereocenters. The Morgan fingerprint density at radius 1 is 1.50 bits per heavy atom. The van der Waals surface area contributed by atoms with Gasteiger partial charge in [0.2, 0.25) is 0 Å². The third-order valence-electron chi connectivity index (χ3n) is 3.45. The van der Waals surface area contributed by atoms with Crippen LogP contribution in [-0.2, 0) is 0 Å². The second-order valence-electron chi connectivity index (χ2n) is 4.71. The van der Waals surface area contributed by atoms with Crippen molar-refractivity contribution >= 4 is 11.5 Å². The number of aromatic nitrogens is 1. The molecule has 0 amide bonds. The van der Waals surface area contributed by atoms with Gasteiger partial charge in [-0.2, -0.15) is 4.37 Å². The summed E-state index contributed by atoms with van der Waals surface area (Å²) in [6, 6.07) is 2.33. The van der Waals surface area contributed by atoms with Crippen molar-refractivity contribution in [3.05, 3.63) is 16.6 Å². The molecule has 1 fully saturated rings. The zero-order valence-corrected chi connectivity index (χ0v) is 9.73. The van der Waals surface area contributed by atoms with E-state index in [1.165, 1.54) is 30.6 Å². The fourth-order valence-electron chi connectivity index (χ4n) is 2.37. The van der Waals surface area contributed by atoms with Crippen LogP contribution < -0.4 is 5.73 Å². The third-order valence-corrected chi connectivity index (χ3v) is 4.41. The third kappa shape index (κ3) is 1.71. The Hall–Kier alpha value is -0.410. The molecule has 1 saturated carbocycles. The predicted molar refractivity (Wildman–Crippen MR) is 60.4 cm³/mol. The van der Waals surface area contributed by atoms with E-state index in [-0.39, 0.29) is 6.04 Å². The lowest BCUT2D eigenvalue weighted by molar-refractivity contribution is 0.268. The zero-order chi connectivity index (χ0) is 10.2. The molecule has 1 aromatic rings. The number of rotatable bonds is 2. The van der Waals surface area contributed by atoms with Crippen molar-refractivity contribution in [3.63, 3.8) is 0 Å². The van der Waals surface area contributed by atoms with Crippen molar-refractivity contribution in [2.45, 2.75) is 45.6 Å². The first kappa shape index (κ1) is 10.1. The lowest BCUT2D eigenvalue weighted by Crippen LogP contribution is -2.28. The van der Waals surface area contributed by atoms with Crippen LogP contribution in [0.1, 0.15) is 49.2 Å². The largest absolute Gasteiger partial charge is 0.323 e. The second kappa shape index (κ2) is 3.63. The highest BCUT2D eigenvalue weighted by molar-refractivity contribution is 7.05. The molecular formula is C11H18N2S. The lowest BCUT2D eigenvalue weighted by Gasteiger charge is -2.29. The van der Waals surface area contributed by atoms with Gasteiger partial charge in [-0.05, 0) is 42.8 Å². The number of hydrogen-bond donors (Lipinski definition) is 1. The maximum absolute atomic E-state index is 6.32. The van der Waals surface area contributed by atoms with Gasteiger partial charge in [-0.15, -0.1) is 0 Å². The van der Waals surface area contributed by atoms with Crippen LogP contribution in [0.25, 0.3) is 0 Å². The average molecular weight is 210 g/mol. The second-order valence-corrected chi connectivity index (χ2v) is 5.55. The van der Waals surface area contributed by atoms with Crippen molar-refractivity contribution < 1.29 is 0 Å². The molecule has 0 bridgehead atoms. The Kier molecular flexibility index (Phi) is 2.62. The maximum Gasteiger partial charge on any atom is 0.0514 e. The molecule has 14 heavy (non-hydrogen) atoms. The molecule has 1 heterocycles. The first-order valence-electron chi connectivity index (χ1n) is 5.31. The molecule has 1 aromatic heterocycles. The molecule has 2 N–H and O–H groups in total. The summed E-state index contributed by atoms with van der Waals surface area (Å²) in [5.41, 5.74) is 7.74. The van der Waals surface area contributed by atoms with Gasteiger partial charge in [0.05, 0.1) is 5.69 Å². The summed E-state index contributed by atoms with van der Waals surface area (Å²) in [5.74, 6) is 0. The molecule has 0 aromatic carbocycles. The van der Waals surface area contributed by atoms with E-state index < -0.39 is 0 Å². The molecule has 2 rings (SSSR count). The molecule has 1 aliphatic rings. The van der Waals surface area contributed by atoms with Gasteiger partial charge < -0.3 is 5.73 Å². The Morgan fingerprint density at radius 2 is 2.14 bits per heavy atom. The van der Waals surface area contributed by atoms with E-state index in [2.05, 4.69) is 17.4 Å². The van der Waals surface area contributed by atoms with E-state index in [9.17, 15) is 0 Å². The number of nitrogens with two attached hydrogens (primary N) is 1. The van der Waals surface area contributed by atoms with Gasteiger partial charge in [-0.1, -0.05) is 19.8 Å². The van der Waals surface area contributed by atoms with Crippen molar-refractivity contribution in [2.24, 2.45) is 11.1 Å². The molecule has 3 heteroatoms. The first-order valence-corrected chi connectivity index (χ1v) is 6.08. The van der Waals surface area contributed by atoms with Crippen LogP contribution in [0.4, 0.5) is 0 Å². The Bertz CT molecular complexity index is 313. The quantitative estimate of drug-likeness (QED) is 0.815. The van der Waals surface area contributed by atoms with Gasteiger partial charge in [-0.3, -0.25) is 0 Å². The summed E-state index contributed by atoms with van der Waals surface area (Å²) in [6.07, 6.45) is 5.21. The smallest absolute Gasteiger partial charge is 0.0514 e. The van der Waals surface area contributed by atoms with Crippen LogP contribution in [0.2, 0.25) is 0 Å². The van der Waals surface area contributed by atoms with E-state index in [1.54, 1.807) is 11.5 Å². The molecule has 2 nitrogen and oxygen atoms in total. The molecule has 0 aliphatic heterocycles. The maximum atomic E-state index is 6.32. The van der Waals surface area contributed by atoms with Crippen molar-refractivity contribution in [3.8, 4) is 0 Å². The van der Waals surface area contributed by atoms with E-state index in [1.807, 2.05) is 6.92 Å². The number of nitrogens with zero attached hydrogens (tertiary/aromatic N) is 1. The highest BCUT2D eigenvalue weighted by atomic mass is 32.1. The zero-order valence-electron chi connectivity index (χ0n) is 8.92. The Balaban J connectivity index is 2.18. The number of aryl methyl sites for hydroxylation is 1. The summed E-state index contributed by atoms with van der Waals surface area (Å²) < 4.78 is 4.30. The Labute approximate surface area is 89.7 Å². The van der Waals surface area contributed by atoms with E-state index in [4.69, 9.17) is 5.73 Å². The van der Waals surface area contributed by atoms with Crippen LogP contribution in [0.3, 0.4) is 0 Å². The van der Waals surface area contributed by atoms with Gasteiger partial charge in [-0.25, -0.2) is 0 Å². The molecule has 0 saturated heterocycles. The van der Waals surface area contributed by atoms with Crippen molar-refractivity contribution in [2.75, 3.05) is 0 Å². The topological polar surface area (TPSA) is 38.9 Å². The monoisotopic (exact) mass is 210 g/mol. The predicted octanol–water partition coefficient (Wildman–Crippen LogP) is 3.03. The molecule has 1 aliphatic carbocycles. The summed E-state index contributed by atoms with van der Waals surface area (Å²) in [6.45, 7) is 4.35. The number of hydrogen-bond acceptors (Lipinski definition) is 3. The Morgan fingerprint density at radius 3 is 2.64 bits per heavy atom. The molecule has 1 atom stereocenters. The van der Waals surface area contributed by atoms with Crippen molar-refractivity contribution in [1.29, 1.82) is 0 Å². The summed E-state index contributed by atoms with van der Waals surface area (Å²) in [7, 11) is 0.